The molecule has 0 saturated heterocycles. The first-order valence-corrected chi connectivity index (χ1v) is 12.2. The summed E-state index contributed by atoms with van der Waals surface area (Å²) in [6.07, 6.45) is 2.96. The molecular weight excluding hydrogens is 368 g/mol. The van der Waals surface area contributed by atoms with E-state index in [-0.39, 0.29) is 11.8 Å². The number of hydrogen-bond donors (Lipinski definition) is 1. The van der Waals surface area contributed by atoms with Gasteiger partial charge < -0.3 is 0 Å². The first-order chi connectivity index (χ1) is 13.0. The standard InChI is InChI=1S/C23H38N2O2S/c1-9-19-17(8)10-11-22(19)24-25-28(26,27)23-20(15(4)5)12-18(14(2)3)13-21(23)16(6)7/h12-17,19,25H,9-11H2,1-8H3/b24-22-/t17-,19+/m1/s1. The molecule has 2 atom stereocenters. The van der Waals surface area contributed by atoms with Crippen LogP contribution in [0.15, 0.2) is 22.1 Å². The number of nitrogens with one attached hydrogen (secondary N) is 1. The van der Waals surface area contributed by atoms with Crippen molar-refractivity contribution in [3.63, 3.8) is 0 Å². The molecule has 2 rings (SSSR count). The molecule has 0 unspecified atom stereocenters. The molecule has 1 aliphatic rings. The Kier molecular flexibility index (Phi) is 7.35. The minimum absolute atomic E-state index is 0.116. The second-order valence-electron chi connectivity index (χ2n) is 9.22. The minimum Gasteiger partial charge on any atom is -0.200 e. The lowest BCUT2D eigenvalue weighted by molar-refractivity contribution is 0.467. The predicted molar refractivity (Wildman–Crippen MR) is 119 cm³/mol. The second kappa shape index (κ2) is 8.98. The number of sulfonamides is 1. The summed E-state index contributed by atoms with van der Waals surface area (Å²) < 4.78 is 26.8. The van der Waals surface area contributed by atoms with E-state index in [9.17, 15) is 8.42 Å². The lowest BCUT2D eigenvalue weighted by Gasteiger charge is -2.22. The van der Waals surface area contributed by atoms with Crippen LogP contribution >= 0.6 is 0 Å². The van der Waals surface area contributed by atoms with Crippen molar-refractivity contribution in [2.24, 2.45) is 16.9 Å². The maximum absolute atomic E-state index is 13.4. The lowest BCUT2D eigenvalue weighted by atomic mass is 9.89. The fourth-order valence-corrected chi connectivity index (χ4v) is 5.77. The molecule has 158 valence electrons. The van der Waals surface area contributed by atoms with Crippen LogP contribution in [0.2, 0.25) is 0 Å². The summed E-state index contributed by atoms with van der Waals surface area (Å²) in [5.74, 6) is 1.53. The molecule has 1 aromatic carbocycles. The van der Waals surface area contributed by atoms with Gasteiger partial charge in [0.15, 0.2) is 0 Å². The van der Waals surface area contributed by atoms with Crippen molar-refractivity contribution in [3.8, 4) is 0 Å². The Hall–Kier alpha value is -1.36. The number of hydrazone groups is 1. The first-order valence-electron chi connectivity index (χ1n) is 10.8. The number of rotatable bonds is 7. The van der Waals surface area contributed by atoms with Crippen molar-refractivity contribution in [2.75, 3.05) is 0 Å². The van der Waals surface area contributed by atoms with Crippen molar-refractivity contribution in [1.29, 1.82) is 0 Å². The quantitative estimate of drug-likeness (QED) is 0.552. The maximum Gasteiger partial charge on any atom is 0.277 e. The van der Waals surface area contributed by atoms with Crippen molar-refractivity contribution in [2.45, 2.75) is 97.3 Å². The van der Waals surface area contributed by atoms with Gasteiger partial charge in [-0.15, -0.1) is 0 Å². The van der Waals surface area contributed by atoms with Gasteiger partial charge in [0.05, 0.1) is 4.90 Å². The molecule has 4 nitrogen and oxygen atoms in total. The zero-order valence-electron chi connectivity index (χ0n) is 18.8. The summed E-state index contributed by atoms with van der Waals surface area (Å²) in [5.41, 5.74) is 3.95. The smallest absolute Gasteiger partial charge is 0.200 e. The Morgan fingerprint density at radius 3 is 2.00 bits per heavy atom. The van der Waals surface area contributed by atoms with E-state index in [0.717, 1.165) is 36.1 Å². The van der Waals surface area contributed by atoms with E-state index in [1.54, 1.807) is 0 Å². The van der Waals surface area contributed by atoms with E-state index in [2.05, 4.69) is 77.5 Å². The Morgan fingerprint density at radius 2 is 1.57 bits per heavy atom. The zero-order valence-corrected chi connectivity index (χ0v) is 19.7. The van der Waals surface area contributed by atoms with E-state index in [1.165, 1.54) is 5.56 Å². The fraction of sp³-hybridized carbons (Fsp3) is 0.696. The highest BCUT2D eigenvalue weighted by Crippen LogP contribution is 2.35. The highest BCUT2D eigenvalue weighted by atomic mass is 32.2. The topological polar surface area (TPSA) is 58.5 Å². The van der Waals surface area contributed by atoms with Gasteiger partial charge in [-0.05, 0) is 59.6 Å². The SMILES string of the molecule is CC[C@@H]1/C(=N\NS(=O)(=O)c2c(C(C)C)cc(C(C)C)cc2C(C)C)CC[C@H]1C. The van der Waals surface area contributed by atoms with Crippen LogP contribution in [0, 0.1) is 11.8 Å². The molecule has 1 aliphatic carbocycles. The molecule has 1 aromatic rings. The van der Waals surface area contributed by atoms with Gasteiger partial charge in [-0.1, -0.05) is 67.5 Å². The molecule has 28 heavy (non-hydrogen) atoms. The van der Waals surface area contributed by atoms with Crippen molar-refractivity contribution >= 4 is 15.7 Å². The van der Waals surface area contributed by atoms with Crippen LogP contribution in [0.25, 0.3) is 0 Å². The predicted octanol–water partition coefficient (Wildman–Crippen LogP) is 6.15. The highest BCUT2D eigenvalue weighted by Gasteiger charge is 2.30. The average Bonchev–Trinajstić information content (AvgIpc) is 2.98. The summed E-state index contributed by atoms with van der Waals surface area (Å²) in [6, 6.07) is 4.13. The van der Waals surface area contributed by atoms with E-state index >= 15 is 0 Å². The lowest BCUT2D eigenvalue weighted by Crippen LogP contribution is -2.25. The third kappa shape index (κ3) is 4.79. The van der Waals surface area contributed by atoms with Gasteiger partial charge >= 0.3 is 0 Å². The molecule has 0 aliphatic heterocycles. The Labute approximate surface area is 172 Å². The largest absolute Gasteiger partial charge is 0.277 e. The van der Waals surface area contributed by atoms with Crippen LogP contribution in [0.3, 0.4) is 0 Å². The third-order valence-electron chi connectivity index (χ3n) is 6.07. The van der Waals surface area contributed by atoms with Gasteiger partial charge in [0.25, 0.3) is 10.0 Å². The van der Waals surface area contributed by atoms with E-state index in [0.29, 0.717) is 22.6 Å². The molecule has 0 bridgehead atoms. The van der Waals surface area contributed by atoms with Gasteiger partial charge in [-0.25, -0.2) is 4.83 Å². The van der Waals surface area contributed by atoms with Crippen molar-refractivity contribution in [1.82, 2.24) is 4.83 Å². The van der Waals surface area contributed by atoms with E-state index in [4.69, 9.17) is 0 Å². The fourth-order valence-electron chi connectivity index (χ4n) is 4.23. The molecule has 0 spiro atoms. The Balaban J connectivity index is 2.55. The van der Waals surface area contributed by atoms with Gasteiger partial charge in [-0.3, -0.25) is 0 Å². The maximum atomic E-state index is 13.4. The highest BCUT2D eigenvalue weighted by molar-refractivity contribution is 7.89. The first kappa shape index (κ1) is 22.9. The Morgan fingerprint density at radius 1 is 1.04 bits per heavy atom. The van der Waals surface area contributed by atoms with Gasteiger partial charge in [0.1, 0.15) is 0 Å². The zero-order chi connectivity index (χ0) is 21.2. The van der Waals surface area contributed by atoms with Crippen LogP contribution in [0.5, 0.6) is 0 Å². The number of hydrogen-bond acceptors (Lipinski definition) is 3. The van der Waals surface area contributed by atoms with Crippen LogP contribution < -0.4 is 4.83 Å². The molecular formula is C23H38N2O2S. The second-order valence-corrected chi connectivity index (χ2v) is 10.8. The van der Waals surface area contributed by atoms with Crippen LogP contribution in [0.4, 0.5) is 0 Å². The van der Waals surface area contributed by atoms with E-state index < -0.39 is 10.0 Å². The summed E-state index contributed by atoms with van der Waals surface area (Å²) in [4.78, 5) is 3.02. The summed E-state index contributed by atoms with van der Waals surface area (Å²) in [7, 11) is -3.73. The Bertz CT molecular complexity index is 794. The molecule has 5 heteroatoms. The minimum atomic E-state index is -3.73. The number of benzene rings is 1. The molecule has 1 saturated carbocycles. The van der Waals surface area contributed by atoms with Gasteiger partial charge in [-0.2, -0.15) is 13.5 Å². The normalized spacial score (nSPS) is 22.0. The van der Waals surface area contributed by atoms with Gasteiger partial charge in [0, 0.05) is 11.6 Å². The summed E-state index contributed by atoms with van der Waals surface area (Å²) in [5, 5.41) is 4.41. The van der Waals surface area contributed by atoms with Crippen molar-refractivity contribution < 1.29 is 8.42 Å². The van der Waals surface area contributed by atoms with Gasteiger partial charge in [0.2, 0.25) is 0 Å². The molecule has 1 fully saturated rings. The number of nitrogens with zero attached hydrogens (tertiary/aromatic N) is 1. The molecule has 0 heterocycles. The van der Waals surface area contributed by atoms with Crippen LogP contribution in [-0.4, -0.2) is 14.1 Å². The summed E-state index contributed by atoms with van der Waals surface area (Å²) in [6.45, 7) is 16.9. The van der Waals surface area contributed by atoms with Crippen LogP contribution in [0.1, 0.15) is 109 Å². The third-order valence-corrected chi connectivity index (χ3v) is 7.41. The summed E-state index contributed by atoms with van der Waals surface area (Å²) >= 11 is 0. The molecule has 1 N–H and O–H groups in total. The monoisotopic (exact) mass is 406 g/mol. The van der Waals surface area contributed by atoms with Crippen LogP contribution in [-0.2, 0) is 10.0 Å². The molecule has 0 aromatic heterocycles. The van der Waals surface area contributed by atoms with E-state index in [1.807, 2.05) is 0 Å². The molecule has 0 amide bonds. The average molecular weight is 407 g/mol. The molecule has 0 radical (unpaired) electrons. The van der Waals surface area contributed by atoms with Crippen molar-refractivity contribution in [3.05, 3.63) is 28.8 Å².